The van der Waals surface area contributed by atoms with E-state index in [-0.39, 0.29) is 0 Å². The summed E-state index contributed by atoms with van der Waals surface area (Å²) in [6, 6.07) is 9.39. The topological polar surface area (TPSA) is 103 Å². The molecule has 2 aromatic heterocycles. The molecule has 0 saturated heterocycles. The maximum atomic E-state index is 6.10. The van der Waals surface area contributed by atoms with Crippen LogP contribution in [0.5, 0.6) is 5.75 Å². The molecule has 0 bridgehead atoms. The average molecular weight is 450 g/mol. The molecule has 8 heteroatoms. The van der Waals surface area contributed by atoms with Crippen molar-refractivity contribution in [3.63, 3.8) is 0 Å². The molecule has 2 heterocycles. The molecule has 0 spiro atoms. The van der Waals surface area contributed by atoms with Gasteiger partial charge < -0.3 is 25.7 Å². The molecule has 8 nitrogen and oxygen atoms in total. The Morgan fingerprint density at radius 3 is 2.52 bits per heavy atom. The molecule has 0 aliphatic heterocycles. The van der Waals surface area contributed by atoms with Gasteiger partial charge in [0.05, 0.1) is 13.4 Å². The van der Waals surface area contributed by atoms with Crippen molar-refractivity contribution in [2.45, 2.75) is 75.9 Å². The summed E-state index contributed by atoms with van der Waals surface area (Å²) in [5.41, 5.74) is 9.13. The number of ether oxygens (including phenoxy) is 1. The second-order valence-electron chi connectivity index (χ2n) is 9.44. The fourth-order valence-corrected chi connectivity index (χ4v) is 5.12. The van der Waals surface area contributed by atoms with Crippen molar-refractivity contribution in [1.82, 2.24) is 19.5 Å². The summed E-state index contributed by atoms with van der Waals surface area (Å²) in [4.78, 5) is 14.5. The third-order valence-electron chi connectivity index (χ3n) is 7.11. The van der Waals surface area contributed by atoms with E-state index in [4.69, 9.17) is 25.4 Å². The first-order chi connectivity index (χ1) is 16.2. The minimum atomic E-state index is 0.324. The molecule has 2 aliphatic carbocycles. The Balaban J connectivity index is 1.36. The number of fused-ring (bicyclic) bond motifs is 1. The van der Waals surface area contributed by atoms with Gasteiger partial charge in [-0.05, 0) is 62.6 Å². The lowest BCUT2D eigenvalue weighted by Crippen LogP contribution is -2.33. The van der Waals surface area contributed by atoms with Gasteiger partial charge in [0.1, 0.15) is 5.75 Å². The molecule has 2 aliphatic rings. The molecule has 176 valence electrons. The Labute approximate surface area is 195 Å². The summed E-state index contributed by atoms with van der Waals surface area (Å²) in [6.45, 7) is 0.770. The van der Waals surface area contributed by atoms with Crippen molar-refractivity contribution in [2.24, 2.45) is 5.73 Å². The van der Waals surface area contributed by atoms with Gasteiger partial charge in [-0.15, -0.1) is 0 Å². The van der Waals surface area contributed by atoms with Gasteiger partial charge in [-0.1, -0.05) is 25.0 Å². The molecular weight excluding hydrogens is 414 g/mol. The molecule has 0 unspecified atom stereocenters. The first kappa shape index (κ1) is 21.9. The summed E-state index contributed by atoms with van der Waals surface area (Å²) in [7, 11) is 1.69. The van der Waals surface area contributed by atoms with Crippen molar-refractivity contribution in [3.05, 3.63) is 36.2 Å². The number of nitrogens with one attached hydrogen (secondary N) is 2. The van der Waals surface area contributed by atoms with Crippen LogP contribution in [0, 0.1) is 0 Å². The smallest absolute Gasteiger partial charge is 0.227 e. The molecule has 0 atom stereocenters. The summed E-state index contributed by atoms with van der Waals surface area (Å²) < 4.78 is 7.52. The normalized spacial score (nSPS) is 21.4. The van der Waals surface area contributed by atoms with Crippen LogP contribution in [-0.4, -0.2) is 45.3 Å². The second-order valence-corrected chi connectivity index (χ2v) is 9.44. The quantitative estimate of drug-likeness (QED) is 0.471. The zero-order valence-corrected chi connectivity index (χ0v) is 19.5. The largest absolute Gasteiger partial charge is 0.497 e. The maximum absolute atomic E-state index is 6.10. The highest BCUT2D eigenvalue weighted by molar-refractivity contribution is 5.84. The molecular formula is C25H35N7O. The summed E-state index contributed by atoms with van der Waals surface area (Å²) in [5.74, 6) is 2.37. The second kappa shape index (κ2) is 9.95. The van der Waals surface area contributed by atoms with E-state index < -0.39 is 0 Å². The van der Waals surface area contributed by atoms with Crippen LogP contribution in [0.2, 0.25) is 0 Å². The zero-order valence-electron chi connectivity index (χ0n) is 19.5. The number of nitrogens with zero attached hydrogens (tertiary/aromatic N) is 4. The lowest BCUT2D eigenvalue weighted by atomic mass is 9.92. The molecule has 0 radical (unpaired) electrons. The fourth-order valence-electron chi connectivity index (χ4n) is 5.12. The summed E-state index contributed by atoms with van der Waals surface area (Å²) in [6.07, 6.45) is 12.0. The first-order valence-electron chi connectivity index (χ1n) is 12.3. The van der Waals surface area contributed by atoms with E-state index in [0.29, 0.717) is 24.1 Å². The number of benzene rings is 1. The highest BCUT2D eigenvalue weighted by Crippen LogP contribution is 2.33. The van der Waals surface area contributed by atoms with Gasteiger partial charge in [0, 0.05) is 24.7 Å². The van der Waals surface area contributed by atoms with Crippen molar-refractivity contribution in [2.75, 3.05) is 24.3 Å². The van der Waals surface area contributed by atoms with Crippen molar-refractivity contribution < 1.29 is 4.74 Å². The van der Waals surface area contributed by atoms with E-state index in [1.54, 1.807) is 7.11 Å². The van der Waals surface area contributed by atoms with Crippen molar-refractivity contribution >= 4 is 22.9 Å². The molecule has 2 fully saturated rings. The lowest BCUT2D eigenvalue weighted by Gasteiger charge is -2.27. The number of anilines is 2. The van der Waals surface area contributed by atoms with E-state index in [2.05, 4.69) is 27.3 Å². The Hall–Kier alpha value is -2.87. The molecule has 0 amide bonds. The molecule has 4 N–H and O–H groups in total. The summed E-state index contributed by atoms with van der Waals surface area (Å²) in [5, 5.41) is 7.12. The lowest BCUT2D eigenvalue weighted by molar-refractivity contribution is 0.410. The first-order valence-corrected chi connectivity index (χ1v) is 12.3. The van der Waals surface area contributed by atoms with Crippen LogP contribution in [0.3, 0.4) is 0 Å². The van der Waals surface area contributed by atoms with Crippen LogP contribution in [0.25, 0.3) is 11.2 Å². The van der Waals surface area contributed by atoms with Crippen LogP contribution in [0.4, 0.5) is 11.8 Å². The number of rotatable bonds is 8. The maximum Gasteiger partial charge on any atom is 0.227 e. The van der Waals surface area contributed by atoms with Crippen LogP contribution < -0.4 is 21.1 Å². The standard InChI is InChI=1S/C25H35N7O/c1-33-21-12-6-17(7-13-21)14-15-27-23-22-24(32(16-28-22)20-4-2-3-5-20)31-25(30-23)29-19-10-8-18(26)9-11-19/h6-7,12-13,16,18-20H,2-5,8-11,14-15,26H2,1H3,(H2,27,29,30,31). The average Bonchev–Trinajstić information content (AvgIpc) is 3.51. The van der Waals surface area contributed by atoms with Crippen LogP contribution in [-0.2, 0) is 6.42 Å². The number of hydrogen-bond acceptors (Lipinski definition) is 7. The molecule has 3 aromatic rings. The van der Waals surface area contributed by atoms with Gasteiger partial charge >= 0.3 is 0 Å². The van der Waals surface area contributed by atoms with Gasteiger partial charge in [0.2, 0.25) is 5.95 Å². The Morgan fingerprint density at radius 1 is 1.03 bits per heavy atom. The van der Waals surface area contributed by atoms with Crippen molar-refractivity contribution in [3.8, 4) is 5.75 Å². The van der Waals surface area contributed by atoms with E-state index in [9.17, 15) is 0 Å². The highest BCUT2D eigenvalue weighted by Gasteiger charge is 2.23. The Bertz CT molecular complexity index is 1050. The van der Waals surface area contributed by atoms with Gasteiger partial charge in [-0.3, -0.25) is 0 Å². The van der Waals surface area contributed by atoms with E-state index >= 15 is 0 Å². The van der Waals surface area contributed by atoms with Crippen LogP contribution in [0.1, 0.15) is 63.0 Å². The van der Waals surface area contributed by atoms with E-state index in [1.165, 1.54) is 31.2 Å². The predicted molar refractivity (Wildman–Crippen MR) is 132 cm³/mol. The van der Waals surface area contributed by atoms with Gasteiger partial charge in [0.25, 0.3) is 0 Å². The monoisotopic (exact) mass is 449 g/mol. The van der Waals surface area contributed by atoms with E-state index in [1.807, 2.05) is 18.5 Å². The number of hydrogen-bond donors (Lipinski definition) is 3. The minimum Gasteiger partial charge on any atom is -0.497 e. The number of imidazole rings is 1. The minimum absolute atomic E-state index is 0.324. The van der Waals surface area contributed by atoms with Gasteiger partial charge in [-0.25, -0.2) is 4.98 Å². The zero-order chi connectivity index (χ0) is 22.6. The van der Waals surface area contributed by atoms with Crippen molar-refractivity contribution in [1.29, 1.82) is 0 Å². The number of methoxy groups -OCH3 is 1. The fraction of sp³-hybridized carbons (Fsp3) is 0.560. The Morgan fingerprint density at radius 2 is 1.79 bits per heavy atom. The molecule has 33 heavy (non-hydrogen) atoms. The molecule has 2 saturated carbocycles. The predicted octanol–water partition coefficient (Wildman–Crippen LogP) is 4.29. The van der Waals surface area contributed by atoms with E-state index in [0.717, 1.165) is 61.4 Å². The van der Waals surface area contributed by atoms with Crippen LogP contribution in [0.15, 0.2) is 30.6 Å². The third kappa shape index (κ3) is 5.05. The van der Waals surface area contributed by atoms with Crippen LogP contribution >= 0.6 is 0 Å². The van der Waals surface area contributed by atoms with Gasteiger partial charge in [0.15, 0.2) is 17.0 Å². The van der Waals surface area contributed by atoms with Gasteiger partial charge in [-0.2, -0.15) is 9.97 Å². The summed E-state index contributed by atoms with van der Waals surface area (Å²) >= 11 is 0. The number of aromatic nitrogens is 4. The molecule has 1 aromatic carbocycles. The third-order valence-corrected chi connectivity index (χ3v) is 7.11. The Kier molecular flexibility index (Phi) is 6.62. The highest BCUT2D eigenvalue weighted by atomic mass is 16.5. The molecule has 5 rings (SSSR count). The number of nitrogens with two attached hydrogens (primary N) is 1. The SMILES string of the molecule is COc1ccc(CCNc2nc(NC3CCC(N)CC3)nc3c2ncn3C2CCCC2)cc1.